The van der Waals surface area contributed by atoms with E-state index in [2.05, 4.69) is 6.92 Å². The lowest BCUT2D eigenvalue weighted by atomic mass is 9.99. The minimum Gasteiger partial charge on any atom is -0.463 e. The Morgan fingerprint density at radius 3 is 2.02 bits per heavy atom. The maximum atomic E-state index is 12.3. The Kier molecular flexibility index (Phi) is 14.9. The molecule has 0 bridgehead atoms. The molecule has 2 aliphatic rings. The van der Waals surface area contributed by atoms with Crippen LogP contribution in [0, 0.1) is 0 Å². The Morgan fingerprint density at radius 2 is 1.39 bits per heavy atom. The van der Waals surface area contributed by atoms with Gasteiger partial charge in [0.25, 0.3) is 0 Å². The summed E-state index contributed by atoms with van der Waals surface area (Å²) in [5.41, 5.74) is 0.238. The van der Waals surface area contributed by atoms with Crippen LogP contribution in [0.4, 0.5) is 0 Å². The van der Waals surface area contributed by atoms with E-state index >= 15 is 0 Å². The van der Waals surface area contributed by atoms with Crippen LogP contribution >= 0.6 is 0 Å². The van der Waals surface area contributed by atoms with Crippen molar-refractivity contribution in [2.24, 2.45) is 0 Å². The monoisotopic (exact) mass is 628 g/mol. The van der Waals surface area contributed by atoms with Gasteiger partial charge in [-0.25, -0.2) is 4.79 Å². The predicted octanol–water partition coefficient (Wildman–Crippen LogP) is 0.941. The fraction of sp³-hybridized carbons (Fsp3) is 0.742. The average Bonchev–Trinajstić information content (AvgIpc) is 3.27. The van der Waals surface area contributed by atoms with Crippen LogP contribution < -0.4 is 0 Å². The van der Waals surface area contributed by atoms with E-state index in [4.69, 9.17) is 23.7 Å². The molecule has 250 valence electrons. The molecule has 0 aliphatic carbocycles. The fourth-order valence-electron chi connectivity index (χ4n) is 5.25. The first-order chi connectivity index (χ1) is 21.1. The van der Waals surface area contributed by atoms with Gasteiger partial charge in [0.2, 0.25) is 5.79 Å². The van der Waals surface area contributed by atoms with Gasteiger partial charge in [-0.15, -0.1) is 0 Å². The van der Waals surface area contributed by atoms with E-state index in [0.717, 1.165) is 19.3 Å². The van der Waals surface area contributed by atoms with Gasteiger partial charge in [0, 0.05) is 6.42 Å². The molecule has 13 nitrogen and oxygen atoms in total. The van der Waals surface area contributed by atoms with Crippen LogP contribution in [0.5, 0.6) is 0 Å². The van der Waals surface area contributed by atoms with Crippen LogP contribution in [-0.2, 0) is 28.5 Å². The minimum absolute atomic E-state index is 0.182. The Bertz CT molecular complexity index is 994. The zero-order valence-corrected chi connectivity index (χ0v) is 25.2. The lowest BCUT2D eigenvalue weighted by Crippen LogP contribution is -2.62. The van der Waals surface area contributed by atoms with Crippen molar-refractivity contribution in [2.75, 3.05) is 19.8 Å². The van der Waals surface area contributed by atoms with Crippen LogP contribution in [0.1, 0.15) is 81.5 Å². The van der Waals surface area contributed by atoms with Crippen molar-refractivity contribution < 1.29 is 63.9 Å². The molecule has 2 saturated heterocycles. The summed E-state index contributed by atoms with van der Waals surface area (Å²) < 4.78 is 27.1. The molecule has 13 heteroatoms. The summed E-state index contributed by atoms with van der Waals surface area (Å²) in [5.74, 6) is -3.57. The van der Waals surface area contributed by atoms with Crippen molar-refractivity contribution >= 4 is 11.9 Å². The van der Waals surface area contributed by atoms with Crippen molar-refractivity contribution in [1.82, 2.24) is 0 Å². The summed E-state index contributed by atoms with van der Waals surface area (Å²) in [6.07, 6.45) is -3.36. The molecule has 9 atom stereocenters. The number of unbranched alkanes of at least 4 members (excludes halogenated alkanes) is 8. The molecule has 2 heterocycles. The molecule has 6 N–H and O–H groups in total. The van der Waals surface area contributed by atoms with Crippen molar-refractivity contribution in [1.29, 1.82) is 0 Å². The number of rotatable bonds is 18. The summed E-state index contributed by atoms with van der Waals surface area (Å²) in [5, 5.41) is 62.7. The summed E-state index contributed by atoms with van der Waals surface area (Å²) >= 11 is 0. The first kappa shape index (κ1) is 36.3. The van der Waals surface area contributed by atoms with Gasteiger partial charge in [0.1, 0.15) is 62.5 Å². The van der Waals surface area contributed by atoms with E-state index in [0.29, 0.717) is 6.42 Å². The molecule has 0 radical (unpaired) electrons. The van der Waals surface area contributed by atoms with E-state index in [1.54, 1.807) is 18.2 Å². The van der Waals surface area contributed by atoms with E-state index in [-0.39, 0.29) is 12.0 Å². The molecule has 44 heavy (non-hydrogen) atoms. The summed E-state index contributed by atoms with van der Waals surface area (Å²) in [6, 6.07) is 8.02. The van der Waals surface area contributed by atoms with Crippen LogP contribution in [0.3, 0.4) is 0 Å². The first-order valence-corrected chi connectivity index (χ1v) is 15.5. The molecular weight excluding hydrogens is 580 g/mol. The van der Waals surface area contributed by atoms with Gasteiger partial charge >= 0.3 is 11.9 Å². The maximum Gasteiger partial charge on any atom is 0.338 e. The minimum atomic E-state index is -2.34. The quantitative estimate of drug-likeness (QED) is 0.0992. The normalized spacial score (nSPS) is 32.0. The van der Waals surface area contributed by atoms with Crippen LogP contribution in [0.15, 0.2) is 30.3 Å². The highest BCUT2D eigenvalue weighted by Gasteiger charge is 2.58. The van der Waals surface area contributed by atoms with Crippen molar-refractivity contribution in [3.05, 3.63) is 35.9 Å². The third-order valence-electron chi connectivity index (χ3n) is 7.99. The molecular formula is C31H48O13. The van der Waals surface area contributed by atoms with Gasteiger partial charge in [-0.3, -0.25) is 4.79 Å². The molecule has 0 aromatic heterocycles. The van der Waals surface area contributed by atoms with Gasteiger partial charge in [-0.1, -0.05) is 76.5 Å². The SMILES string of the molecule is CCCCCCCCCCCC(=O)OC[C@H]1O[C@@](CO)(O[C@H]2O[C@H](COC(=O)c3ccccc3)[C@@H](O)[C@H](O)[C@H]2O)[C@@H](O)[C@@H]1O. The van der Waals surface area contributed by atoms with E-state index in [1.807, 2.05) is 0 Å². The second kappa shape index (κ2) is 18.1. The molecule has 0 spiro atoms. The average molecular weight is 629 g/mol. The highest BCUT2D eigenvalue weighted by atomic mass is 16.8. The van der Waals surface area contributed by atoms with E-state index in [1.165, 1.54) is 44.2 Å². The number of ether oxygens (including phenoxy) is 5. The fourth-order valence-corrected chi connectivity index (χ4v) is 5.25. The molecule has 0 saturated carbocycles. The largest absolute Gasteiger partial charge is 0.463 e. The number of aliphatic hydroxyl groups is 6. The lowest BCUT2D eigenvalue weighted by molar-refractivity contribution is -0.383. The summed E-state index contributed by atoms with van der Waals surface area (Å²) in [7, 11) is 0. The molecule has 1 aromatic carbocycles. The number of carbonyl (C=O) groups is 2. The number of benzene rings is 1. The molecule has 0 unspecified atom stereocenters. The molecule has 0 amide bonds. The standard InChI is InChI=1S/C31H48O13/c1-2-3-4-5-6-7-8-9-13-16-23(33)40-18-22-25(35)28(38)31(19-32,43-22)44-30-27(37)26(36)24(34)21(42-30)17-41-29(39)20-14-11-10-12-15-20/h10-12,14-15,21-22,24-28,30,32,34-38H,2-9,13,16-19H2,1H3/t21-,22-,24-,25-,26+,27-,28+,30-,31+/m1/s1. The Hall–Kier alpha value is -2.20. The van der Waals surface area contributed by atoms with Crippen molar-refractivity contribution in [3.63, 3.8) is 0 Å². The maximum absolute atomic E-state index is 12.3. The number of esters is 2. The number of hydrogen-bond acceptors (Lipinski definition) is 13. The third-order valence-corrected chi connectivity index (χ3v) is 7.99. The second-order valence-corrected chi connectivity index (χ2v) is 11.4. The highest BCUT2D eigenvalue weighted by molar-refractivity contribution is 5.89. The van der Waals surface area contributed by atoms with Crippen LogP contribution in [0.2, 0.25) is 0 Å². The zero-order chi connectivity index (χ0) is 32.1. The molecule has 2 fully saturated rings. The van der Waals surface area contributed by atoms with Gasteiger partial charge in [0.15, 0.2) is 6.29 Å². The van der Waals surface area contributed by atoms with Gasteiger partial charge < -0.3 is 54.3 Å². The molecule has 1 aromatic rings. The topological polar surface area (TPSA) is 202 Å². The number of carbonyl (C=O) groups excluding carboxylic acids is 2. The highest BCUT2D eigenvalue weighted by Crippen LogP contribution is 2.36. The van der Waals surface area contributed by atoms with E-state index in [9.17, 15) is 40.2 Å². The Labute approximate surface area is 257 Å². The Morgan fingerprint density at radius 1 is 0.773 bits per heavy atom. The predicted molar refractivity (Wildman–Crippen MR) is 154 cm³/mol. The lowest BCUT2D eigenvalue weighted by Gasteiger charge is -2.43. The summed E-state index contributed by atoms with van der Waals surface area (Å²) in [6.45, 7) is 0.189. The van der Waals surface area contributed by atoms with Crippen LogP contribution in [0.25, 0.3) is 0 Å². The van der Waals surface area contributed by atoms with E-state index < -0.39 is 86.6 Å². The number of hydrogen-bond donors (Lipinski definition) is 6. The summed E-state index contributed by atoms with van der Waals surface area (Å²) in [4.78, 5) is 24.6. The van der Waals surface area contributed by atoms with Crippen LogP contribution in [-0.4, -0.2) is 117 Å². The Balaban J connectivity index is 1.49. The molecule has 2 aliphatic heterocycles. The third kappa shape index (κ3) is 9.90. The number of aliphatic hydroxyl groups excluding tert-OH is 6. The van der Waals surface area contributed by atoms with Gasteiger partial charge in [-0.2, -0.15) is 0 Å². The van der Waals surface area contributed by atoms with Gasteiger partial charge in [-0.05, 0) is 18.6 Å². The van der Waals surface area contributed by atoms with Gasteiger partial charge in [0.05, 0.1) is 5.56 Å². The van der Waals surface area contributed by atoms with Crippen molar-refractivity contribution in [3.8, 4) is 0 Å². The second-order valence-electron chi connectivity index (χ2n) is 11.4. The zero-order valence-electron chi connectivity index (χ0n) is 25.2. The smallest absolute Gasteiger partial charge is 0.338 e. The molecule has 3 rings (SSSR count). The van der Waals surface area contributed by atoms with Crippen molar-refractivity contribution in [2.45, 2.75) is 126 Å². The first-order valence-electron chi connectivity index (χ1n) is 15.5.